The number of benzene rings is 1. The summed E-state index contributed by atoms with van der Waals surface area (Å²) in [4.78, 5) is 0.0756. The molecule has 0 aliphatic rings. The van der Waals surface area contributed by atoms with Gasteiger partial charge in [0.15, 0.2) is 0 Å². The molecule has 0 atom stereocenters. The first-order valence-corrected chi connectivity index (χ1v) is 7.11. The number of aryl methyl sites for hydroxylation is 1. The van der Waals surface area contributed by atoms with Crippen molar-refractivity contribution in [2.45, 2.75) is 11.8 Å². The molecule has 0 bridgehead atoms. The minimum atomic E-state index is -3.76. The van der Waals surface area contributed by atoms with Gasteiger partial charge in [0.05, 0.1) is 11.4 Å². The Hall–Kier alpha value is -2.37. The van der Waals surface area contributed by atoms with E-state index in [1.54, 1.807) is 19.1 Å². The Morgan fingerprint density at radius 1 is 1.30 bits per heavy atom. The predicted molar refractivity (Wildman–Crippen MR) is 72.2 cm³/mol. The molecular formula is C12H12N4O3S. The third-order valence-electron chi connectivity index (χ3n) is 2.25. The van der Waals surface area contributed by atoms with Gasteiger partial charge in [-0.25, -0.2) is 13.1 Å². The third kappa shape index (κ3) is 3.34. The molecule has 0 saturated heterocycles. The van der Waals surface area contributed by atoms with Crippen molar-refractivity contribution in [1.29, 1.82) is 0 Å². The number of rotatable bonds is 3. The van der Waals surface area contributed by atoms with Crippen molar-refractivity contribution in [3.8, 4) is 11.8 Å². The number of anilines is 1. The molecule has 1 heterocycles. The molecule has 20 heavy (non-hydrogen) atoms. The number of nitrogens with zero attached hydrogens (tertiary/aromatic N) is 2. The van der Waals surface area contributed by atoms with Crippen LogP contribution in [-0.4, -0.2) is 25.2 Å². The van der Waals surface area contributed by atoms with Gasteiger partial charge in [-0.1, -0.05) is 16.9 Å². The average molecular weight is 292 g/mol. The molecule has 1 aromatic heterocycles. The summed E-state index contributed by atoms with van der Waals surface area (Å²) >= 11 is 0. The molecule has 0 unspecified atom stereocenters. The molecule has 0 aliphatic heterocycles. The number of nitrogens with one attached hydrogen (secondary N) is 1. The number of sulfonamides is 1. The molecular weight excluding hydrogens is 280 g/mol. The lowest BCUT2D eigenvalue weighted by molar-refractivity contribution is 0.534. The fourth-order valence-corrected chi connectivity index (χ4v) is 2.31. The van der Waals surface area contributed by atoms with Crippen molar-refractivity contribution < 1.29 is 12.8 Å². The van der Waals surface area contributed by atoms with E-state index < -0.39 is 10.0 Å². The number of aromatic nitrogens is 2. The highest BCUT2D eigenvalue weighted by atomic mass is 32.2. The smallest absolute Gasteiger partial charge is 0.329 e. The van der Waals surface area contributed by atoms with Crippen LogP contribution in [0.25, 0.3) is 0 Å². The highest BCUT2D eigenvalue weighted by molar-refractivity contribution is 7.92. The second-order valence-electron chi connectivity index (χ2n) is 3.76. The molecule has 3 N–H and O–H groups in total. The van der Waals surface area contributed by atoms with E-state index in [0.29, 0.717) is 5.56 Å². The van der Waals surface area contributed by atoms with Gasteiger partial charge < -0.3 is 10.2 Å². The van der Waals surface area contributed by atoms with Gasteiger partial charge in [0.2, 0.25) is 5.89 Å². The normalized spacial score (nSPS) is 10.7. The van der Waals surface area contributed by atoms with Crippen molar-refractivity contribution in [2.24, 2.45) is 5.73 Å². The topological polar surface area (TPSA) is 111 Å². The van der Waals surface area contributed by atoms with Gasteiger partial charge in [0, 0.05) is 12.5 Å². The zero-order chi connectivity index (χ0) is 14.6. The summed E-state index contributed by atoms with van der Waals surface area (Å²) in [6.45, 7) is 1.81. The fourth-order valence-electron chi connectivity index (χ4n) is 1.38. The minimum absolute atomic E-state index is 0.0756. The van der Waals surface area contributed by atoms with Crippen LogP contribution >= 0.6 is 0 Å². The molecule has 0 radical (unpaired) electrons. The van der Waals surface area contributed by atoms with Crippen LogP contribution < -0.4 is 10.5 Å². The van der Waals surface area contributed by atoms with E-state index in [-0.39, 0.29) is 23.3 Å². The summed E-state index contributed by atoms with van der Waals surface area (Å²) in [6.07, 6.45) is 0. The van der Waals surface area contributed by atoms with Crippen molar-refractivity contribution in [1.82, 2.24) is 10.2 Å². The number of hydrogen-bond acceptors (Lipinski definition) is 6. The van der Waals surface area contributed by atoms with Gasteiger partial charge in [-0.15, -0.1) is 5.10 Å². The van der Waals surface area contributed by atoms with E-state index in [1.807, 2.05) is 0 Å². The third-order valence-corrected chi connectivity index (χ3v) is 3.58. The van der Waals surface area contributed by atoms with Crippen LogP contribution in [0.1, 0.15) is 11.5 Å². The standard InChI is InChI=1S/C12H12N4O3S/c1-9-14-15-12(19-9)16-20(17,18)11-6-4-10(5-7-11)3-2-8-13/h4-7H,8,13H2,1H3,(H,15,16). The fraction of sp³-hybridized carbons (Fsp3) is 0.167. The van der Waals surface area contributed by atoms with E-state index in [0.717, 1.165) is 0 Å². The first kappa shape index (κ1) is 14.0. The molecule has 7 nitrogen and oxygen atoms in total. The number of hydrogen-bond donors (Lipinski definition) is 2. The Bertz CT molecular complexity index is 754. The van der Waals surface area contributed by atoms with Gasteiger partial charge in [0.25, 0.3) is 10.0 Å². The monoisotopic (exact) mass is 292 g/mol. The van der Waals surface area contributed by atoms with Crippen LogP contribution in [0.2, 0.25) is 0 Å². The first-order valence-electron chi connectivity index (χ1n) is 5.63. The van der Waals surface area contributed by atoms with E-state index in [2.05, 4.69) is 26.8 Å². The molecule has 104 valence electrons. The van der Waals surface area contributed by atoms with Crippen molar-refractivity contribution in [3.05, 3.63) is 35.7 Å². The Labute approximate surface area is 116 Å². The van der Waals surface area contributed by atoms with Gasteiger partial charge in [-0.05, 0) is 24.3 Å². The maximum Gasteiger partial charge on any atom is 0.329 e. The van der Waals surface area contributed by atoms with Crippen LogP contribution in [0.5, 0.6) is 0 Å². The van der Waals surface area contributed by atoms with Crippen LogP contribution in [-0.2, 0) is 10.0 Å². The lowest BCUT2D eigenvalue weighted by atomic mass is 10.2. The quantitative estimate of drug-likeness (QED) is 0.796. The summed E-state index contributed by atoms with van der Waals surface area (Å²) in [5.74, 6) is 5.76. The summed E-state index contributed by atoms with van der Waals surface area (Å²) < 4.78 is 31.2. The van der Waals surface area contributed by atoms with Crippen molar-refractivity contribution >= 4 is 16.0 Å². The maximum atomic E-state index is 12.0. The summed E-state index contributed by atoms with van der Waals surface area (Å²) in [5, 5.41) is 7.11. The second-order valence-corrected chi connectivity index (χ2v) is 5.44. The van der Waals surface area contributed by atoms with Gasteiger partial charge >= 0.3 is 6.01 Å². The molecule has 1 aromatic carbocycles. The van der Waals surface area contributed by atoms with Gasteiger partial charge in [-0.2, -0.15) is 0 Å². The van der Waals surface area contributed by atoms with E-state index in [4.69, 9.17) is 10.2 Å². The highest BCUT2D eigenvalue weighted by Gasteiger charge is 2.17. The molecule has 0 aliphatic carbocycles. The molecule has 2 rings (SSSR count). The minimum Gasteiger partial charge on any atom is -0.408 e. The molecule has 0 spiro atoms. The van der Waals surface area contributed by atoms with Crippen LogP contribution in [0.15, 0.2) is 33.6 Å². The predicted octanol–water partition coefficient (Wildman–Crippen LogP) is 0.489. The summed E-state index contributed by atoms with van der Waals surface area (Å²) in [5.41, 5.74) is 5.94. The lowest BCUT2D eigenvalue weighted by Crippen LogP contribution is -2.13. The zero-order valence-corrected chi connectivity index (χ0v) is 11.4. The van der Waals surface area contributed by atoms with Crippen LogP contribution in [0.4, 0.5) is 6.01 Å². The largest absolute Gasteiger partial charge is 0.408 e. The zero-order valence-electron chi connectivity index (χ0n) is 10.6. The number of nitrogens with two attached hydrogens (primary N) is 1. The summed E-state index contributed by atoms with van der Waals surface area (Å²) in [6, 6.07) is 5.89. The Kier molecular flexibility index (Phi) is 4.02. The molecule has 0 amide bonds. The second kappa shape index (κ2) is 5.73. The Balaban J connectivity index is 2.21. The molecule has 0 saturated carbocycles. The Morgan fingerprint density at radius 2 is 2.00 bits per heavy atom. The van der Waals surface area contributed by atoms with Crippen molar-refractivity contribution in [2.75, 3.05) is 11.3 Å². The Morgan fingerprint density at radius 3 is 2.55 bits per heavy atom. The lowest BCUT2D eigenvalue weighted by Gasteiger charge is -2.03. The molecule has 2 aromatic rings. The summed E-state index contributed by atoms with van der Waals surface area (Å²) in [7, 11) is -3.76. The van der Waals surface area contributed by atoms with E-state index >= 15 is 0 Å². The van der Waals surface area contributed by atoms with Gasteiger partial charge in [-0.3, -0.25) is 0 Å². The SMILES string of the molecule is Cc1nnc(NS(=O)(=O)c2ccc(C#CCN)cc2)o1. The van der Waals surface area contributed by atoms with E-state index in [1.165, 1.54) is 12.1 Å². The molecule has 8 heteroatoms. The van der Waals surface area contributed by atoms with Gasteiger partial charge in [0.1, 0.15) is 0 Å². The highest BCUT2D eigenvalue weighted by Crippen LogP contribution is 2.15. The van der Waals surface area contributed by atoms with Crippen LogP contribution in [0.3, 0.4) is 0 Å². The van der Waals surface area contributed by atoms with E-state index in [9.17, 15) is 8.42 Å². The maximum absolute atomic E-state index is 12.0. The van der Waals surface area contributed by atoms with Crippen molar-refractivity contribution in [3.63, 3.8) is 0 Å². The van der Waals surface area contributed by atoms with Crippen LogP contribution in [0, 0.1) is 18.8 Å². The molecule has 0 fully saturated rings. The first-order chi connectivity index (χ1) is 9.51. The average Bonchev–Trinajstić information content (AvgIpc) is 2.81.